The first-order valence-electron chi connectivity index (χ1n) is 7.38. The maximum absolute atomic E-state index is 5.39. The van der Waals surface area contributed by atoms with Gasteiger partial charge in [0, 0.05) is 0 Å². The number of benzene rings is 1. The van der Waals surface area contributed by atoms with Gasteiger partial charge in [-0.2, -0.15) is 0 Å². The van der Waals surface area contributed by atoms with Crippen LogP contribution in [0, 0.1) is 12.8 Å². The molecule has 0 saturated heterocycles. The van der Waals surface area contributed by atoms with Gasteiger partial charge in [-0.25, -0.2) is 0 Å². The molecule has 0 radical (unpaired) electrons. The van der Waals surface area contributed by atoms with Gasteiger partial charge in [-0.3, -0.25) is 0 Å². The van der Waals surface area contributed by atoms with Crippen LogP contribution in [0.3, 0.4) is 0 Å². The quantitative estimate of drug-likeness (QED) is 0.681. The molecule has 1 aromatic carbocycles. The van der Waals surface area contributed by atoms with Crippen molar-refractivity contribution in [1.82, 2.24) is 0 Å². The van der Waals surface area contributed by atoms with E-state index in [1.165, 1.54) is 44.1 Å². The summed E-state index contributed by atoms with van der Waals surface area (Å²) in [5.41, 5.74) is 6.71. The molecule has 0 unspecified atom stereocenters. The van der Waals surface area contributed by atoms with Crippen LogP contribution >= 0.6 is 0 Å². The van der Waals surface area contributed by atoms with Gasteiger partial charge in [0.05, 0.1) is 0 Å². The average Bonchev–Trinajstić information content (AvgIpc) is 2.35. The van der Waals surface area contributed by atoms with Crippen molar-refractivity contribution >= 4 is 0 Å². The fourth-order valence-corrected chi connectivity index (χ4v) is 1.76. The van der Waals surface area contributed by atoms with Crippen LogP contribution in [0.5, 0.6) is 0 Å². The standard InChI is InChI=1S/C10H23N.C7H8/c1-10(2)8-6-4-3-5-7-9-11;1-7-5-3-2-4-6-7/h10H,3-9,11H2,1-2H3;2-6H,1H3. The van der Waals surface area contributed by atoms with Crippen LogP contribution in [0.2, 0.25) is 0 Å². The fraction of sp³-hybridized carbons (Fsp3) is 0.647. The zero-order valence-corrected chi connectivity index (χ0v) is 12.5. The average molecular weight is 249 g/mol. The summed E-state index contributed by atoms with van der Waals surface area (Å²) in [5.74, 6) is 0.879. The third-order valence-corrected chi connectivity index (χ3v) is 2.93. The van der Waals surface area contributed by atoms with E-state index in [2.05, 4.69) is 32.9 Å². The molecule has 0 aliphatic heterocycles. The largest absolute Gasteiger partial charge is 0.330 e. The van der Waals surface area contributed by atoms with Crippen LogP contribution < -0.4 is 5.73 Å². The van der Waals surface area contributed by atoms with E-state index in [0.29, 0.717) is 0 Å². The van der Waals surface area contributed by atoms with Crippen LogP contribution in [0.4, 0.5) is 0 Å². The number of hydrogen-bond donors (Lipinski definition) is 1. The highest BCUT2D eigenvalue weighted by atomic mass is 14.5. The predicted molar refractivity (Wildman–Crippen MR) is 82.8 cm³/mol. The zero-order valence-electron chi connectivity index (χ0n) is 12.5. The molecule has 18 heavy (non-hydrogen) atoms. The van der Waals surface area contributed by atoms with Crippen molar-refractivity contribution in [2.24, 2.45) is 11.7 Å². The van der Waals surface area contributed by atoms with Crippen LogP contribution in [0.15, 0.2) is 30.3 Å². The molecule has 1 rings (SSSR count). The summed E-state index contributed by atoms with van der Waals surface area (Å²) in [5, 5.41) is 0. The highest BCUT2D eigenvalue weighted by molar-refractivity contribution is 5.11. The van der Waals surface area contributed by atoms with E-state index in [9.17, 15) is 0 Å². The van der Waals surface area contributed by atoms with E-state index in [1.54, 1.807) is 0 Å². The summed E-state index contributed by atoms with van der Waals surface area (Å²) in [4.78, 5) is 0. The van der Waals surface area contributed by atoms with E-state index in [0.717, 1.165) is 12.5 Å². The maximum atomic E-state index is 5.39. The minimum absolute atomic E-state index is 0.865. The van der Waals surface area contributed by atoms with Gasteiger partial charge in [0.15, 0.2) is 0 Å². The molecule has 0 atom stereocenters. The molecular formula is C17H31N. The number of rotatable bonds is 7. The summed E-state index contributed by atoms with van der Waals surface area (Å²) in [7, 11) is 0. The molecule has 0 heterocycles. The second-order valence-corrected chi connectivity index (χ2v) is 5.39. The Morgan fingerprint density at radius 2 is 1.44 bits per heavy atom. The van der Waals surface area contributed by atoms with Crippen molar-refractivity contribution in [3.63, 3.8) is 0 Å². The van der Waals surface area contributed by atoms with Crippen LogP contribution in [-0.2, 0) is 0 Å². The molecule has 0 saturated carbocycles. The van der Waals surface area contributed by atoms with Crippen LogP contribution in [-0.4, -0.2) is 6.54 Å². The van der Waals surface area contributed by atoms with Crippen molar-refractivity contribution in [2.75, 3.05) is 6.54 Å². The van der Waals surface area contributed by atoms with E-state index >= 15 is 0 Å². The second kappa shape index (κ2) is 12.6. The third kappa shape index (κ3) is 13.2. The minimum Gasteiger partial charge on any atom is -0.330 e. The lowest BCUT2D eigenvalue weighted by molar-refractivity contribution is 0.516. The minimum atomic E-state index is 0.865. The molecule has 1 aromatic rings. The molecule has 0 aliphatic rings. The Bertz CT molecular complexity index is 254. The molecular weight excluding hydrogens is 218 g/mol. The molecule has 0 bridgehead atoms. The summed E-state index contributed by atoms with van der Waals surface area (Å²) in [6.45, 7) is 7.53. The molecule has 0 aliphatic carbocycles. The second-order valence-electron chi connectivity index (χ2n) is 5.39. The van der Waals surface area contributed by atoms with Crippen molar-refractivity contribution in [3.05, 3.63) is 35.9 Å². The highest BCUT2D eigenvalue weighted by Gasteiger charge is 1.93. The lowest BCUT2D eigenvalue weighted by Gasteiger charge is -2.03. The number of nitrogens with two attached hydrogens (primary N) is 1. The predicted octanol–water partition coefficient (Wildman–Crippen LogP) is 4.94. The van der Waals surface area contributed by atoms with E-state index in [-0.39, 0.29) is 0 Å². The van der Waals surface area contributed by atoms with Gasteiger partial charge < -0.3 is 5.73 Å². The Hall–Kier alpha value is -0.820. The number of hydrogen-bond acceptors (Lipinski definition) is 1. The van der Waals surface area contributed by atoms with Gasteiger partial charge >= 0.3 is 0 Å². The van der Waals surface area contributed by atoms with Gasteiger partial charge in [0.25, 0.3) is 0 Å². The van der Waals surface area contributed by atoms with Crippen molar-refractivity contribution in [3.8, 4) is 0 Å². The fourth-order valence-electron chi connectivity index (χ4n) is 1.76. The highest BCUT2D eigenvalue weighted by Crippen LogP contribution is 2.09. The van der Waals surface area contributed by atoms with E-state index < -0.39 is 0 Å². The summed E-state index contributed by atoms with van der Waals surface area (Å²) in [6.07, 6.45) is 8.11. The Labute approximate surface area is 114 Å². The Balaban J connectivity index is 0.000000351. The van der Waals surface area contributed by atoms with Crippen LogP contribution in [0.25, 0.3) is 0 Å². The molecule has 0 aromatic heterocycles. The molecule has 0 fully saturated rings. The smallest absolute Gasteiger partial charge is 0.00773 e. The first kappa shape index (κ1) is 17.2. The van der Waals surface area contributed by atoms with Gasteiger partial charge in [0.2, 0.25) is 0 Å². The Morgan fingerprint density at radius 1 is 0.889 bits per heavy atom. The van der Waals surface area contributed by atoms with E-state index in [4.69, 9.17) is 5.73 Å². The normalized spacial score (nSPS) is 10.1. The molecule has 1 heteroatoms. The lowest BCUT2D eigenvalue weighted by atomic mass is 10.0. The van der Waals surface area contributed by atoms with Crippen molar-refractivity contribution in [1.29, 1.82) is 0 Å². The number of unbranched alkanes of at least 4 members (excludes halogenated alkanes) is 4. The molecule has 104 valence electrons. The topological polar surface area (TPSA) is 26.0 Å². The van der Waals surface area contributed by atoms with Gasteiger partial charge in [-0.15, -0.1) is 0 Å². The monoisotopic (exact) mass is 249 g/mol. The van der Waals surface area contributed by atoms with Crippen molar-refractivity contribution in [2.45, 2.75) is 59.3 Å². The summed E-state index contributed by atoms with van der Waals surface area (Å²) < 4.78 is 0. The lowest BCUT2D eigenvalue weighted by Crippen LogP contribution is -1.97. The summed E-state index contributed by atoms with van der Waals surface area (Å²) >= 11 is 0. The number of aryl methyl sites for hydroxylation is 1. The van der Waals surface area contributed by atoms with E-state index in [1.807, 2.05) is 18.2 Å². The van der Waals surface area contributed by atoms with Crippen LogP contribution in [0.1, 0.15) is 57.9 Å². The third-order valence-electron chi connectivity index (χ3n) is 2.93. The molecule has 2 N–H and O–H groups in total. The SMILES string of the molecule is CC(C)CCCCCCCN.Cc1ccccc1. The van der Waals surface area contributed by atoms with Crippen molar-refractivity contribution < 1.29 is 0 Å². The van der Waals surface area contributed by atoms with Gasteiger partial charge in [-0.05, 0) is 25.8 Å². The maximum Gasteiger partial charge on any atom is -0.00773 e. The molecule has 0 spiro atoms. The Kier molecular flexibility index (Phi) is 12.1. The van der Waals surface area contributed by atoms with Gasteiger partial charge in [-0.1, -0.05) is 81.8 Å². The molecule has 0 amide bonds. The summed E-state index contributed by atoms with van der Waals surface area (Å²) in [6, 6.07) is 10.3. The molecule has 1 nitrogen and oxygen atoms in total. The Morgan fingerprint density at radius 3 is 1.89 bits per heavy atom. The first-order valence-corrected chi connectivity index (χ1v) is 7.38. The first-order chi connectivity index (χ1) is 8.66. The zero-order chi connectivity index (χ0) is 13.6. The van der Waals surface area contributed by atoms with Gasteiger partial charge in [0.1, 0.15) is 0 Å².